The van der Waals surface area contributed by atoms with Crippen molar-refractivity contribution in [1.82, 2.24) is 15.2 Å². The Kier molecular flexibility index (Phi) is 5.09. The predicted octanol–water partition coefficient (Wildman–Crippen LogP) is 3.64. The van der Waals surface area contributed by atoms with E-state index >= 15 is 0 Å². The van der Waals surface area contributed by atoms with Crippen molar-refractivity contribution in [1.29, 1.82) is 0 Å². The van der Waals surface area contributed by atoms with Crippen LogP contribution in [-0.4, -0.2) is 34.9 Å². The molecule has 0 saturated carbocycles. The summed E-state index contributed by atoms with van der Waals surface area (Å²) in [5.41, 5.74) is 2.46. The number of nitrogens with zero attached hydrogens (tertiary/aromatic N) is 2. The lowest BCUT2D eigenvalue weighted by Gasteiger charge is -2.24. The zero-order chi connectivity index (χ0) is 18.1. The van der Waals surface area contributed by atoms with Gasteiger partial charge in [-0.15, -0.1) is 11.3 Å². The number of nitrogens with one attached hydrogen (secondary N) is 1. The van der Waals surface area contributed by atoms with Crippen LogP contribution in [0.4, 0.5) is 0 Å². The SMILES string of the molecule is Cc1nc(CCNC(=O)[C@H]2C[C@@H](c3ccccc3)N3CCC[C@H]23)sc1C. The van der Waals surface area contributed by atoms with Crippen molar-refractivity contribution in [2.75, 3.05) is 13.1 Å². The van der Waals surface area contributed by atoms with Crippen molar-refractivity contribution in [3.8, 4) is 0 Å². The fourth-order valence-electron chi connectivity index (χ4n) is 4.52. The quantitative estimate of drug-likeness (QED) is 0.875. The number of fused-ring (bicyclic) bond motifs is 1. The summed E-state index contributed by atoms with van der Waals surface area (Å²) in [6.45, 7) is 5.95. The van der Waals surface area contributed by atoms with Crippen LogP contribution in [0, 0.1) is 19.8 Å². The summed E-state index contributed by atoms with van der Waals surface area (Å²) < 4.78 is 0. The number of hydrogen-bond donors (Lipinski definition) is 1. The highest BCUT2D eigenvalue weighted by Crippen LogP contribution is 2.44. The maximum absolute atomic E-state index is 12.9. The van der Waals surface area contributed by atoms with E-state index in [0.717, 1.165) is 36.5 Å². The standard InChI is InChI=1S/C21H27N3OS/c1-14-15(2)26-20(23-14)10-11-22-21(25)17-13-19(16-7-4-3-5-8-16)24-12-6-9-18(17)24/h3-5,7-8,17-19H,6,9-13H2,1-2H3,(H,22,25)/t17-,18+,19-/m0/s1. The molecular formula is C21H27N3OS. The highest BCUT2D eigenvalue weighted by atomic mass is 32.1. The Morgan fingerprint density at radius 2 is 2.12 bits per heavy atom. The molecule has 1 N–H and O–H groups in total. The van der Waals surface area contributed by atoms with Gasteiger partial charge in [0.2, 0.25) is 5.91 Å². The summed E-state index contributed by atoms with van der Waals surface area (Å²) in [6, 6.07) is 11.5. The van der Waals surface area contributed by atoms with Crippen LogP contribution in [0.3, 0.4) is 0 Å². The zero-order valence-electron chi connectivity index (χ0n) is 15.6. The normalized spacial score (nSPS) is 25.4. The maximum atomic E-state index is 12.9. The molecule has 0 spiro atoms. The number of carbonyl (C=O) groups is 1. The third kappa shape index (κ3) is 3.42. The number of amides is 1. The van der Waals surface area contributed by atoms with Gasteiger partial charge in [-0.25, -0.2) is 4.98 Å². The van der Waals surface area contributed by atoms with Crippen LogP contribution in [0.15, 0.2) is 30.3 Å². The Hall–Kier alpha value is -1.72. The summed E-state index contributed by atoms with van der Waals surface area (Å²) in [5, 5.41) is 4.31. The van der Waals surface area contributed by atoms with E-state index in [9.17, 15) is 4.79 Å². The number of benzene rings is 1. The van der Waals surface area contributed by atoms with Gasteiger partial charge in [-0.05, 0) is 45.2 Å². The minimum absolute atomic E-state index is 0.113. The zero-order valence-corrected chi connectivity index (χ0v) is 16.4. The van der Waals surface area contributed by atoms with Gasteiger partial charge in [-0.1, -0.05) is 30.3 Å². The number of rotatable bonds is 5. The molecule has 1 amide bonds. The van der Waals surface area contributed by atoms with Crippen molar-refractivity contribution in [3.63, 3.8) is 0 Å². The summed E-state index contributed by atoms with van der Waals surface area (Å²) >= 11 is 1.74. The molecule has 1 aromatic carbocycles. The summed E-state index contributed by atoms with van der Waals surface area (Å²) in [7, 11) is 0. The third-order valence-electron chi connectivity index (χ3n) is 5.92. The van der Waals surface area contributed by atoms with Gasteiger partial charge in [0.15, 0.2) is 0 Å². The molecule has 2 aliphatic heterocycles. The Morgan fingerprint density at radius 1 is 1.31 bits per heavy atom. The van der Waals surface area contributed by atoms with Crippen LogP contribution < -0.4 is 5.32 Å². The molecule has 3 heterocycles. The van der Waals surface area contributed by atoms with E-state index in [1.54, 1.807) is 11.3 Å². The molecule has 0 radical (unpaired) electrons. The maximum Gasteiger partial charge on any atom is 0.224 e. The second kappa shape index (κ2) is 7.49. The fraction of sp³-hybridized carbons (Fsp3) is 0.524. The molecule has 26 heavy (non-hydrogen) atoms. The molecule has 4 nitrogen and oxygen atoms in total. The van der Waals surface area contributed by atoms with Gasteiger partial charge in [0.1, 0.15) is 0 Å². The van der Waals surface area contributed by atoms with Gasteiger partial charge in [0.05, 0.1) is 16.6 Å². The van der Waals surface area contributed by atoms with Crippen molar-refractivity contribution in [2.45, 2.75) is 51.6 Å². The van der Waals surface area contributed by atoms with Crippen molar-refractivity contribution >= 4 is 17.2 Å². The minimum atomic E-state index is 0.113. The van der Waals surface area contributed by atoms with E-state index in [1.165, 1.54) is 16.9 Å². The average Bonchev–Trinajstić information content (AvgIpc) is 3.31. The summed E-state index contributed by atoms with van der Waals surface area (Å²) in [6.07, 6.45) is 4.12. The van der Waals surface area contributed by atoms with Gasteiger partial charge < -0.3 is 5.32 Å². The predicted molar refractivity (Wildman–Crippen MR) is 105 cm³/mol. The van der Waals surface area contributed by atoms with Gasteiger partial charge in [0, 0.05) is 29.9 Å². The van der Waals surface area contributed by atoms with Gasteiger partial charge in [-0.3, -0.25) is 9.69 Å². The van der Waals surface area contributed by atoms with Gasteiger partial charge >= 0.3 is 0 Å². The number of hydrogen-bond acceptors (Lipinski definition) is 4. The molecule has 3 atom stereocenters. The van der Waals surface area contributed by atoms with Gasteiger partial charge in [0.25, 0.3) is 0 Å². The smallest absolute Gasteiger partial charge is 0.224 e. The molecule has 4 rings (SSSR count). The van der Waals surface area contributed by atoms with E-state index in [2.05, 4.69) is 52.5 Å². The van der Waals surface area contributed by atoms with Crippen molar-refractivity contribution < 1.29 is 4.79 Å². The largest absolute Gasteiger partial charge is 0.355 e. The lowest BCUT2D eigenvalue weighted by atomic mass is 9.93. The fourth-order valence-corrected chi connectivity index (χ4v) is 5.45. The molecule has 2 aliphatic rings. The topological polar surface area (TPSA) is 45.2 Å². The van der Waals surface area contributed by atoms with Crippen LogP contribution in [0.1, 0.15) is 46.4 Å². The van der Waals surface area contributed by atoms with E-state index in [1.807, 2.05) is 6.92 Å². The monoisotopic (exact) mass is 369 g/mol. The Balaban J connectivity index is 1.38. The molecule has 2 aromatic rings. The van der Waals surface area contributed by atoms with Crippen molar-refractivity contribution in [2.24, 2.45) is 5.92 Å². The lowest BCUT2D eigenvalue weighted by Crippen LogP contribution is -2.38. The molecule has 138 valence electrons. The average molecular weight is 370 g/mol. The first-order valence-electron chi connectivity index (χ1n) is 9.65. The summed E-state index contributed by atoms with van der Waals surface area (Å²) in [5.74, 6) is 0.341. The van der Waals surface area contributed by atoms with E-state index in [-0.39, 0.29) is 11.8 Å². The van der Waals surface area contributed by atoms with Crippen LogP contribution in [0.2, 0.25) is 0 Å². The second-order valence-electron chi connectivity index (χ2n) is 7.51. The van der Waals surface area contributed by atoms with Crippen LogP contribution in [-0.2, 0) is 11.2 Å². The summed E-state index contributed by atoms with van der Waals surface area (Å²) in [4.78, 5) is 21.3. The number of carbonyl (C=O) groups excluding carboxylic acids is 1. The van der Waals surface area contributed by atoms with E-state index < -0.39 is 0 Å². The van der Waals surface area contributed by atoms with E-state index in [4.69, 9.17) is 0 Å². The minimum Gasteiger partial charge on any atom is -0.355 e. The van der Waals surface area contributed by atoms with Crippen molar-refractivity contribution in [3.05, 3.63) is 51.5 Å². The first-order chi connectivity index (χ1) is 12.6. The van der Waals surface area contributed by atoms with Crippen LogP contribution in [0.5, 0.6) is 0 Å². The van der Waals surface area contributed by atoms with E-state index in [0.29, 0.717) is 18.6 Å². The molecule has 0 aliphatic carbocycles. The molecule has 0 bridgehead atoms. The molecule has 5 heteroatoms. The van der Waals surface area contributed by atoms with Crippen LogP contribution in [0.25, 0.3) is 0 Å². The highest BCUT2D eigenvalue weighted by Gasteiger charge is 2.46. The number of thiazole rings is 1. The molecular weight excluding hydrogens is 342 g/mol. The molecule has 2 saturated heterocycles. The Labute approximate surface area is 159 Å². The molecule has 1 aromatic heterocycles. The lowest BCUT2D eigenvalue weighted by molar-refractivity contribution is -0.125. The Bertz CT molecular complexity index is 753. The molecule has 2 fully saturated rings. The number of aryl methyl sites for hydroxylation is 2. The Morgan fingerprint density at radius 3 is 2.85 bits per heavy atom. The highest BCUT2D eigenvalue weighted by molar-refractivity contribution is 7.11. The second-order valence-corrected chi connectivity index (χ2v) is 8.79. The third-order valence-corrected chi connectivity index (χ3v) is 7.05. The first kappa shape index (κ1) is 17.7. The molecule has 0 unspecified atom stereocenters. The number of aromatic nitrogens is 1. The first-order valence-corrected chi connectivity index (χ1v) is 10.5. The van der Waals surface area contributed by atoms with Gasteiger partial charge in [-0.2, -0.15) is 0 Å². The van der Waals surface area contributed by atoms with Crippen LogP contribution >= 0.6 is 11.3 Å².